The van der Waals surface area contributed by atoms with Crippen LogP contribution in [0.1, 0.15) is 12.0 Å². The van der Waals surface area contributed by atoms with Crippen molar-refractivity contribution in [1.82, 2.24) is 9.55 Å². The molecule has 150 valence electrons. The van der Waals surface area contributed by atoms with E-state index in [1.165, 1.54) is 5.56 Å². The highest BCUT2D eigenvalue weighted by Gasteiger charge is 2.24. The Morgan fingerprint density at radius 1 is 1.00 bits per heavy atom. The summed E-state index contributed by atoms with van der Waals surface area (Å²) in [6.07, 6.45) is 2.00. The van der Waals surface area contributed by atoms with Gasteiger partial charge in [0.1, 0.15) is 18.1 Å². The summed E-state index contributed by atoms with van der Waals surface area (Å²) in [6.45, 7) is 0.997. The van der Waals surface area contributed by atoms with E-state index in [1.54, 1.807) is 7.11 Å². The van der Waals surface area contributed by atoms with Gasteiger partial charge in [0, 0.05) is 17.8 Å². The van der Waals surface area contributed by atoms with Gasteiger partial charge >= 0.3 is 0 Å². The molecule has 0 N–H and O–H groups in total. The molecule has 1 aromatic heterocycles. The fraction of sp³-hybridized carbons (Fsp3) is 0.200. The third-order valence-electron chi connectivity index (χ3n) is 5.71. The van der Waals surface area contributed by atoms with Crippen molar-refractivity contribution in [2.24, 2.45) is 0 Å². The summed E-state index contributed by atoms with van der Waals surface area (Å²) in [5.74, 6) is 1.67. The van der Waals surface area contributed by atoms with Crippen molar-refractivity contribution in [1.29, 1.82) is 0 Å². The minimum absolute atomic E-state index is 0.0834. The van der Waals surface area contributed by atoms with Gasteiger partial charge in [0.15, 0.2) is 0 Å². The van der Waals surface area contributed by atoms with Crippen LogP contribution >= 0.6 is 0 Å². The van der Waals surface area contributed by atoms with Crippen molar-refractivity contribution < 1.29 is 9.53 Å². The molecule has 0 saturated heterocycles. The van der Waals surface area contributed by atoms with E-state index in [-0.39, 0.29) is 12.5 Å². The van der Waals surface area contributed by atoms with Crippen LogP contribution in [0.15, 0.2) is 72.8 Å². The summed E-state index contributed by atoms with van der Waals surface area (Å²) in [6, 6.07) is 24.0. The molecule has 0 atom stereocenters. The molecule has 0 unspecified atom stereocenters. The summed E-state index contributed by atoms with van der Waals surface area (Å²) in [4.78, 5) is 20.2. The maximum atomic E-state index is 13.4. The molecule has 0 bridgehead atoms. The van der Waals surface area contributed by atoms with E-state index >= 15 is 0 Å². The second-order valence-corrected chi connectivity index (χ2v) is 7.52. The molecular formula is C25H23N3O2. The highest BCUT2D eigenvalue weighted by atomic mass is 16.5. The van der Waals surface area contributed by atoms with Crippen molar-refractivity contribution in [3.05, 3.63) is 78.4 Å². The fourth-order valence-electron chi connectivity index (χ4n) is 4.21. The zero-order chi connectivity index (χ0) is 20.5. The Bertz CT molecular complexity index is 1210. The number of ether oxygens (including phenoxy) is 1. The lowest BCUT2D eigenvalue weighted by molar-refractivity contribution is -0.119. The number of methoxy groups -OCH3 is 1. The zero-order valence-corrected chi connectivity index (χ0v) is 16.9. The maximum absolute atomic E-state index is 13.4. The minimum atomic E-state index is 0.0834. The van der Waals surface area contributed by atoms with Gasteiger partial charge < -0.3 is 14.2 Å². The lowest BCUT2D eigenvalue weighted by Crippen LogP contribution is -2.37. The number of aromatic nitrogens is 2. The van der Waals surface area contributed by atoms with Gasteiger partial charge in [-0.05, 0) is 60.9 Å². The number of para-hydroxylation sites is 3. The average Bonchev–Trinajstić information content (AvgIpc) is 3.17. The summed E-state index contributed by atoms with van der Waals surface area (Å²) >= 11 is 0. The Balaban J connectivity index is 1.55. The van der Waals surface area contributed by atoms with Crippen molar-refractivity contribution in [3.8, 4) is 17.1 Å². The van der Waals surface area contributed by atoms with Crippen LogP contribution in [0, 0.1) is 0 Å². The predicted molar refractivity (Wildman–Crippen MR) is 119 cm³/mol. The molecule has 0 spiro atoms. The number of rotatable bonds is 4. The summed E-state index contributed by atoms with van der Waals surface area (Å²) < 4.78 is 7.31. The lowest BCUT2D eigenvalue weighted by atomic mass is 10.0. The van der Waals surface area contributed by atoms with E-state index in [9.17, 15) is 4.79 Å². The monoisotopic (exact) mass is 397 g/mol. The van der Waals surface area contributed by atoms with Gasteiger partial charge in [0.05, 0.1) is 18.1 Å². The van der Waals surface area contributed by atoms with E-state index in [2.05, 4.69) is 6.07 Å². The van der Waals surface area contributed by atoms with Gasteiger partial charge in [-0.1, -0.05) is 30.3 Å². The van der Waals surface area contributed by atoms with E-state index in [0.29, 0.717) is 0 Å². The molecule has 0 fully saturated rings. The fourth-order valence-corrected chi connectivity index (χ4v) is 4.21. The molecule has 30 heavy (non-hydrogen) atoms. The topological polar surface area (TPSA) is 47.4 Å². The second-order valence-electron chi connectivity index (χ2n) is 7.52. The molecule has 1 aliphatic rings. The number of amides is 1. The lowest BCUT2D eigenvalue weighted by Gasteiger charge is -2.29. The first-order chi connectivity index (χ1) is 14.7. The molecule has 5 heteroatoms. The summed E-state index contributed by atoms with van der Waals surface area (Å²) in [5, 5.41) is 0. The third-order valence-corrected chi connectivity index (χ3v) is 5.71. The first-order valence-corrected chi connectivity index (χ1v) is 10.2. The number of carbonyl (C=O) groups is 1. The zero-order valence-electron chi connectivity index (χ0n) is 16.9. The maximum Gasteiger partial charge on any atom is 0.247 e. The average molecular weight is 397 g/mol. The van der Waals surface area contributed by atoms with Gasteiger partial charge in [0.2, 0.25) is 5.91 Å². The Hall–Kier alpha value is -3.60. The van der Waals surface area contributed by atoms with Crippen LogP contribution in [0.4, 0.5) is 5.69 Å². The molecule has 0 aliphatic carbocycles. The van der Waals surface area contributed by atoms with Crippen molar-refractivity contribution in [2.45, 2.75) is 19.4 Å². The van der Waals surface area contributed by atoms with Gasteiger partial charge in [-0.25, -0.2) is 4.98 Å². The number of hydrogen-bond donors (Lipinski definition) is 0. The smallest absolute Gasteiger partial charge is 0.247 e. The number of fused-ring (bicyclic) bond motifs is 2. The van der Waals surface area contributed by atoms with Gasteiger partial charge in [-0.2, -0.15) is 0 Å². The van der Waals surface area contributed by atoms with E-state index in [0.717, 1.165) is 53.2 Å². The number of anilines is 1. The van der Waals surface area contributed by atoms with Crippen molar-refractivity contribution in [2.75, 3.05) is 18.6 Å². The van der Waals surface area contributed by atoms with E-state index in [1.807, 2.05) is 76.2 Å². The molecule has 1 amide bonds. The van der Waals surface area contributed by atoms with Gasteiger partial charge in [0.25, 0.3) is 0 Å². The minimum Gasteiger partial charge on any atom is -0.497 e. The molecule has 0 radical (unpaired) electrons. The summed E-state index contributed by atoms with van der Waals surface area (Å²) in [5.41, 5.74) is 5.07. The van der Waals surface area contributed by atoms with E-state index < -0.39 is 0 Å². The molecule has 5 rings (SSSR count). The first kappa shape index (κ1) is 18.4. The van der Waals surface area contributed by atoms with Gasteiger partial charge in [-0.15, -0.1) is 0 Å². The van der Waals surface area contributed by atoms with Crippen LogP contribution in [0.2, 0.25) is 0 Å². The molecular weight excluding hydrogens is 374 g/mol. The molecule has 3 aromatic carbocycles. The van der Waals surface area contributed by atoms with Crippen molar-refractivity contribution in [3.63, 3.8) is 0 Å². The number of hydrogen-bond acceptors (Lipinski definition) is 3. The normalized spacial score (nSPS) is 13.3. The Kier molecular flexibility index (Phi) is 4.71. The molecule has 2 heterocycles. The highest BCUT2D eigenvalue weighted by molar-refractivity contribution is 5.96. The molecule has 1 aliphatic heterocycles. The van der Waals surface area contributed by atoms with Crippen LogP contribution in [-0.2, 0) is 17.8 Å². The Labute approximate surface area is 175 Å². The van der Waals surface area contributed by atoms with Crippen molar-refractivity contribution >= 4 is 22.6 Å². The molecule has 0 saturated carbocycles. The second kappa shape index (κ2) is 7.67. The van der Waals surface area contributed by atoms with Crippen LogP contribution in [0.3, 0.4) is 0 Å². The van der Waals surface area contributed by atoms with E-state index in [4.69, 9.17) is 9.72 Å². The first-order valence-electron chi connectivity index (χ1n) is 10.2. The Morgan fingerprint density at radius 3 is 2.60 bits per heavy atom. The van der Waals surface area contributed by atoms with Gasteiger partial charge in [-0.3, -0.25) is 4.79 Å². The largest absolute Gasteiger partial charge is 0.497 e. The molecule has 4 aromatic rings. The van der Waals surface area contributed by atoms with Crippen LogP contribution in [0.25, 0.3) is 22.4 Å². The number of benzene rings is 3. The summed E-state index contributed by atoms with van der Waals surface area (Å²) in [7, 11) is 1.65. The number of imidazole rings is 1. The number of carbonyl (C=O) groups excluding carboxylic acids is 1. The standard InChI is InChI=1S/C25H23N3O2/c1-30-20-14-12-19(13-15-20)25-26-21-9-3-5-11-23(21)28(25)17-24(29)27-16-6-8-18-7-2-4-10-22(18)27/h2-5,7,9-15H,6,8,16-17H2,1H3. The third kappa shape index (κ3) is 3.22. The quantitative estimate of drug-likeness (QED) is 0.502. The van der Waals surface area contributed by atoms with Crippen LogP contribution < -0.4 is 9.64 Å². The Morgan fingerprint density at radius 2 is 1.77 bits per heavy atom. The predicted octanol–water partition coefficient (Wildman–Crippen LogP) is 4.69. The number of aryl methyl sites for hydroxylation is 1. The highest BCUT2D eigenvalue weighted by Crippen LogP contribution is 2.29. The molecule has 5 nitrogen and oxygen atoms in total. The van der Waals surface area contributed by atoms with Crippen LogP contribution in [-0.4, -0.2) is 29.1 Å². The number of nitrogens with zero attached hydrogens (tertiary/aromatic N) is 3. The van der Waals surface area contributed by atoms with Crippen LogP contribution in [0.5, 0.6) is 5.75 Å². The SMILES string of the molecule is COc1ccc(-c2nc3ccccc3n2CC(=O)N2CCCc3ccccc32)cc1.